The summed E-state index contributed by atoms with van der Waals surface area (Å²) < 4.78 is 52.6. The van der Waals surface area contributed by atoms with E-state index in [9.17, 15) is 13.2 Å². The van der Waals surface area contributed by atoms with Crippen molar-refractivity contribution in [1.82, 2.24) is 25.5 Å². The normalized spacial score (nSPS) is 23.0. The van der Waals surface area contributed by atoms with Crippen molar-refractivity contribution in [3.63, 3.8) is 0 Å². The van der Waals surface area contributed by atoms with Crippen LogP contribution in [0.4, 0.5) is 13.2 Å². The van der Waals surface area contributed by atoms with Gasteiger partial charge in [-0.2, -0.15) is 17.9 Å². The lowest BCUT2D eigenvalue weighted by atomic mass is 9.81. The van der Waals surface area contributed by atoms with Gasteiger partial charge in [-0.05, 0) is 65.2 Å². The van der Waals surface area contributed by atoms with Gasteiger partial charge in [-0.3, -0.25) is 0 Å². The van der Waals surface area contributed by atoms with Crippen LogP contribution in [0.15, 0.2) is 54.6 Å². The molecule has 3 heterocycles. The first-order valence-corrected chi connectivity index (χ1v) is 10.6. The topological polar surface area (TPSA) is 74.1 Å². The highest BCUT2D eigenvalue weighted by Crippen LogP contribution is 2.45. The van der Waals surface area contributed by atoms with Gasteiger partial charge in [-0.15, -0.1) is 5.10 Å². The van der Waals surface area contributed by atoms with E-state index in [-0.39, 0.29) is 11.7 Å². The Bertz CT molecular complexity index is 1180. The van der Waals surface area contributed by atoms with Crippen LogP contribution < -0.4 is 10.1 Å². The summed E-state index contributed by atoms with van der Waals surface area (Å²) in [4.78, 5) is 0. The predicted molar refractivity (Wildman–Crippen MR) is 114 cm³/mol. The van der Waals surface area contributed by atoms with Crippen molar-refractivity contribution in [3.8, 4) is 11.4 Å². The van der Waals surface area contributed by atoms with Gasteiger partial charge in [-0.1, -0.05) is 30.3 Å². The molecule has 0 aliphatic carbocycles. The number of nitrogens with zero attached hydrogens (tertiary/aromatic N) is 4. The van der Waals surface area contributed by atoms with E-state index in [2.05, 4.69) is 39.1 Å². The van der Waals surface area contributed by atoms with Crippen LogP contribution in [0.3, 0.4) is 0 Å². The summed E-state index contributed by atoms with van der Waals surface area (Å²) in [5.74, 6) is -0.653. The summed E-state index contributed by atoms with van der Waals surface area (Å²) in [6.07, 6.45) is -0.817. The molecule has 1 spiro atoms. The zero-order chi connectivity index (χ0) is 23.1. The smallest absolute Gasteiger partial charge is 0.453 e. The number of rotatable bonds is 4. The molecular formula is C23H22F3N5O2. The largest absolute Gasteiger partial charge is 0.496 e. The van der Waals surface area contributed by atoms with Crippen LogP contribution in [-0.2, 0) is 10.9 Å². The third-order valence-electron chi connectivity index (χ3n) is 6.13. The minimum absolute atomic E-state index is 0.0320. The van der Waals surface area contributed by atoms with Crippen LogP contribution in [0.25, 0.3) is 11.3 Å². The van der Waals surface area contributed by atoms with Gasteiger partial charge in [-0.25, -0.2) is 0 Å². The first kappa shape index (κ1) is 21.6. The molecule has 2 aromatic carbocycles. The summed E-state index contributed by atoms with van der Waals surface area (Å²) in [5.41, 5.74) is 2.25. The summed E-state index contributed by atoms with van der Waals surface area (Å²) >= 11 is 0. The third kappa shape index (κ3) is 3.89. The van der Waals surface area contributed by atoms with E-state index >= 15 is 0 Å². The second-order valence-corrected chi connectivity index (χ2v) is 8.11. The first-order valence-electron chi connectivity index (χ1n) is 10.6. The molecular weight excluding hydrogens is 435 g/mol. The Morgan fingerprint density at radius 3 is 2.76 bits per heavy atom. The van der Waals surface area contributed by atoms with E-state index in [1.807, 2.05) is 18.2 Å². The minimum atomic E-state index is -4.68. The SMILES string of the molecule is COc1ccc(-n2nnnc2C(F)(F)F)cc1C1=C[C@@]2(CCCN[C@H]2c2ccccc2)OC1. The quantitative estimate of drug-likeness (QED) is 0.639. The summed E-state index contributed by atoms with van der Waals surface area (Å²) in [7, 11) is 1.53. The van der Waals surface area contributed by atoms with Gasteiger partial charge >= 0.3 is 6.18 Å². The van der Waals surface area contributed by atoms with Crippen LogP contribution in [0.2, 0.25) is 0 Å². The average Bonchev–Trinajstić information content (AvgIpc) is 3.48. The van der Waals surface area contributed by atoms with Gasteiger partial charge in [0.15, 0.2) is 0 Å². The standard InChI is InChI=1S/C23H22F3N5O2/c1-32-19-9-8-17(31-21(23(24,25)26)28-29-30-31)12-18(19)16-13-22(33-14-16)10-5-11-27-20(22)15-6-3-2-4-7-15/h2-4,6-9,12-13,20,27H,5,10-11,14H2,1H3/t20-,22+/m0/s1. The fourth-order valence-corrected chi connectivity index (χ4v) is 4.65. The van der Waals surface area contributed by atoms with Gasteiger partial charge < -0.3 is 14.8 Å². The molecule has 172 valence electrons. The number of ether oxygens (including phenoxy) is 2. The Hall–Kier alpha value is -3.24. The van der Waals surface area contributed by atoms with E-state index in [0.717, 1.165) is 30.5 Å². The van der Waals surface area contributed by atoms with Crippen LogP contribution in [0.1, 0.15) is 35.8 Å². The lowest BCUT2D eigenvalue weighted by Gasteiger charge is -2.40. The molecule has 1 N–H and O–H groups in total. The third-order valence-corrected chi connectivity index (χ3v) is 6.13. The average molecular weight is 457 g/mol. The second-order valence-electron chi connectivity index (χ2n) is 8.11. The molecule has 3 aromatic rings. The molecule has 5 rings (SSSR count). The van der Waals surface area contributed by atoms with Crippen molar-refractivity contribution in [2.45, 2.75) is 30.7 Å². The molecule has 7 nitrogen and oxygen atoms in total. The number of aromatic nitrogens is 4. The van der Waals surface area contributed by atoms with Crippen molar-refractivity contribution in [2.24, 2.45) is 0 Å². The number of tetrazole rings is 1. The van der Waals surface area contributed by atoms with E-state index in [4.69, 9.17) is 9.47 Å². The highest BCUT2D eigenvalue weighted by Gasteiger charge is 2.45. The lowest BCUT2D eigenvalue weighted by Crippen LogP contribution is -2.47. The number of hydrogen-bond donors (Lipinski definition) is 1. The number of benzene rings is 2. The Morgan fingerprint density at radius 2 is 2.00 bits per heavy atom. The van der Waals surface area contributed by atoms with Crippen molar-refractivity contribution < 1.29 is 22.6 Å². The van der Waals surface area contributed by atoms with E-state index in [1.165, 1.54) is 13.2 Å². The number of alkyl halides is 3. The Kier molecular flexibility index (Phi) is 5.41. The Morgan fingerprint density at radius 1 is 1.18 bits per heavy atom. The molecule has 33 heavy (non-hydrogen) atoms. The number of hydrogen-bond acceptors (Lipinski definition) is 6. The molecule has 0 bridgehead atoms. The number of methoxy groups -OCH3 is 1. The zero-order valence-electron chi connectivity index (χ0n) is 17.8. The van der Waals surface area contributed by atoms with Crippen LogP contribution >= 0.6 is 0 Å². The maximum atomic E-state index is 13.3. The van der Waals surface area contributed by atoms with Gasteiger partial charge in [0.1, 0.15) is 11.4 Å². The molecule has 1 aromatic heterocycles. The van der Waals surface area contributed by atoms with Crippen molar-refractivity contribution in [1.29, 1.82) is 0 Å². The monoisotopic (exact) mass is 457 g/mol. The van der Waals surface area contributed by atoms with Gasteiger partial charge in [0.05, 0.1) is 25.4 Å². The fraction of sp³-hybridized carbons (Fsp3) is 0.348. The van der Waals surface area contributed by atoms with E-state index < -0.39 is 17.6 Å². The lowest BCUT2D eigenvalue weighted by molar-refractivity contribution is -0.146. The maximum Gasteiger partial charge on any atom is 0.453 e. The van der Waals surface area contributed by atoms with Crippen molar-refractivity contribution in [3.05, 3.63) is 71.6 Å². The first-order chi connectivity index (χ1) is 15.9. The summed E-state index contributed by atoms with van der Waals surface area (Å²) in [6.45, 7) is 1.19. The van der Waals surface area contributed by atoms with E-state index in [1.54, 1.807) is 12.1 Å². The molecule has 2 atom stereocenters. The van der Waals surface area contributed by atoms with Crippen LogP contribution in [0.5, 0.6) is 5.75 Å². The molecule has 0 unspecified atom stereocenters. The summed E-state index contributed by atoms with van der Waals surface area (Å²) in [6, 6.07) is 14.8. The van der Waals surface area contributed by atoms with Gasteiger partial charge in [0.25, 0.3) is 5.82 Å². The molecule has 2 aliphatic heterocycles. The molecule has 2 aliphatic rings. The molecule has 1 fully saturated rings. The van der Waals surface area contributed by atoms with Crippen LogP contribution in [-0.4, -0.2) is 46.1 Å². The Balaban J connectivity index is 1.56. The summed E-state index contributed by atoms with van der Waals surface area (Å²) in [5, 5.41) is 13.5. The van der Waals surface area contributed by atoms with Gasteiger partial charge in [0, 0.05) is 5.56 Å². The van der Waals surface area contributed by atoms with E-state index in [0.29, 0.717) is 22.6 Å². The van der Waals surface area contributed by atoms with Crippen LogP contribution in [0, 0.1) is 0 Å². The van der Waals surface area contributed by atoms with Gasteiger partial charge in [0.2, 0.25) is 0 Å². The molecule has 10 heteroatoms. The highest BCUT2D eigenvalue weighted by atomic mass is 19.4. The second kappa shape index (κ2) is 8.27. The predicted octanol–water partition coefficient (Wildman–Crippen LogP) is 3.97. The molecule has 0 amide bonds. The highest BCUT2D eigenvalue weighted by molar-refractivity contribution is 5.75. The fourth-order valence-electron chi connectivity index (χ4n) is 4.65. The Labute approximate surface area is 188 Å². The number of piperidine rings is 1. The van der Waals surface area contributed by atoms with Crippen molar-refractivity contribution >= 4 is 5.57 Å². The molecule has 0 radical (unpaired) electrons. The molecule has 1 saturated heterocycles. The van der Waals surface area contributed by atoms with Crippen molar-refractivity contribution in [2.75, 3.05) is 20.3 Å². The zero-order valence-corrected chi connectivity index (χ0v) is 17.8. The number of halogens is 3. The minimum Gasteiger partial charge on any atom is -0.496 e. The number of nitrogens with one attached hydrogen (secondary N) is 1. The maximum absolute atomic E-state index is 13.3. The molecule has 0 saturated carbocycles.